The number of carbonyl (C=O) groups excluding carboxylic acids is 1. The number of aromatic nitrogens is 1. The Hall–Kier alpha value is -2.31. The largest absolute Gasteiger partial charge is 0.465 e. The lowest BCUT2D eigenvalue weighted by Gasteiger charge is -2.17. The summed E-state index contributed by atoms with van der Waals surface area (Å²) in [5, 5.41) is 0.493. The average molecular weight is 322 g/mol. The summed E-state index contributed by atoms with van der Waals surface area (Å²) in [5.41, 5.74) is 14.6. The minimum atomic E-state index is -0.519. The number of benzene rings is 1. The molecule has 0 saturated carbocycles. The molecule has 0 atom stereocenters. The van der Waals surface area contributed by atoms with Gasteiger partial charge in [-0.25, -0.2) is 4.79 Å². The van der Waals surface area contributed by atoms with Crippen LogP contribution < -0.4 is 11.5 Å². The Morgan fingerprint density at radius 3 is 2.59 bits per heavy atom. The summed E-state index contributed by atoms with van der Waals surface area (Å²) < 4.78 is 9.98. The third-order valence-electron chi connectivity index (χ3n) is 3.18. The van der Waals surface area contributed by atoms with Gasteiger partial charge >= 0.3 is 5.97 Å². The molecule has 116 valence electrons. The van der Waals surface area contributed by atoms with Crippen molar-refractivity contribution in [3.8, 4) is 11.3 Å². The van der Waals surface area contributed by atoms with Crippen molar-refractivity contribution in [1.29, 1.82) is 0 Å². The summed E-state index contributed by atoms with van der Waals surface area (Å²) in [6.45, 7) is 0.161. The molecule has 0 fully saturated rings. The number of carbonyl (C=O) groups is 1. The molecule has 0 aliphatic rings. The van der Waals surface area contributed by atoms with Crippen molar-refractivity contribution in [2.24, 2.45) is 0 Å². The zero-order chi connectivity index (χ0) is 16.3. The lowest BCUT2D eigenvalue weighted by atomic mass is 9.95. The van der Waals surface area contributed by atoms with Crippen LogP contribution in [0.3, 0.4) is 0 Å². The van der Waals surface area contributed by atoms with Crippen LogP contribution in [0.2, 0.25) is 5.02 Å². The topological polar surface area (TPSA) is 100 Å². The van der Waals surface area contributed by atoms with Gasteiger partial charge in [0.1, 0.15) is 0 Å². The number of ether oxygens (including phenoxy) is 2. The molecule has 0 radical (unpaired) electrons. The van der Waals surface area contributed by atoms with E-state index in [2.05, 4.69) is 4.98 Å². The first-order valence-electron chi connectivity index (χ1n) is 6.39. The first-order chi connectivity index (χ1) is 10.5. The van der Waals surface area contributed by atoms with E-state index in [4.69, 9.17) is 32.5 Å². The number of hydrogen-bond acceptors (Lipinski definition) is 6. The van der Waals surface area contributed by atoms with Gasteiger partial charge in [0, 0.05) is 24.4 Å². The first-order valence-corrected chi connectivity index (χ1v) is 6.77. The van der Waals surface area contributed by atoms with Crippen molar-refractivity contribution in [3.05, 3.63) is 40.5 Å². The highest BCUT2D eigenvalue weighted by Crippen LogP contribution is 2.36. The van der Waals surface area contributed by atoms with Crippen LogP contribution >= 0.6 is 11.6 Å². The van der Waals surface area contributed by atoms with Crippen molar-refractivity contribution in [2.45, 2.75) is 6.61 Å². The van der Waals surface area contributed by atoms with Gasteiger partial charge in [-0.1, -0.05) is 11.6 Å². The van der Waals surface area contributed by atoms with Crippen LogP contribution in [0, 0.1) is 0 Å². The second kappa shape index (κ2) is 6.64. The molecule has 2 rings (SSSR count). The second-order valence-electron chi connectivity index (χ2n) is 4.57. The van der Waals surface area contributed by atoms with Crippen molar-refractivity contribution in [2.75, 3.05) is 25.7 Å². The maximum absolute atomic E-state index is 12.0. The minimum Gasteiger partial charge on any atom is -0.465 e. The molecule has 0 aliphatic heterocycles. The van der Waals surface area contributed by atoms with Gasteiger partial charge in [-0.05, 0) is 18.2 Å². The summed E-state index contributed by atoms with van der Waals surface area (Å²) >= 11 is 5.86. The molecular weight excluding hydrogens is 306 g/mol. The highest BCUT2D eigenvalue weighted by Gasteiger charge is 2.22. The van der Waals surface area contributed by atoms with Crippen LogP contribution in [0.5, 0.6) is 0 Å². The molecule has 0 saturated heterocycles. The van der Waals surface area contributed by atoms with Crippen molar-refractivity contribution in [1.82, 2.24) is 4.98 Å². The summed E-state index contributed by atoms with van der Waals surface area (Å²) in [4.78, 5) is 16.2. The Labute approximate surface area is 133 Å². The second-order valence-corrected chi connectivity index (χ2v) is 5.00. The molecule has 4 N–H and O–H groups in total. The molecule has 22 heavy (non-hydrogen) atoms. The van der Waals surface area contributed by atoms with Crippen LogP contribution in [-0.4, -0.2) is 25.2 Å². The van der Waals surface area contributed by atoms with E-state index >= 15 is 0 Å². The van der Waals surface area contributed by atoms with E-state index < -0.39 is 5.97 Å². The maximum atomic E-state index is 12.0. The number of nitrogens with zero attached hydrogens (tertiary/aromatic N) is 1. The van der Waals surface area contributed by atoms with E-state index in [1.54, 1.807) is 12.1 Å². The Balaban J connectivity index is 2.76. The quantitative estimate of drug-likeness (QED) is 0.663. The van der Waals surface area contributed by atoms with Crippen molar-refractivity contribution in [3.63, 3.8) is 0 Å². The number of nitrogen functional groups attached to an aromatic ring is 2. The predicted octanol–water partition coefficient (Wildman–Crippen LogP) is 2.50. The van der Waals surface area contributed by atoms with Gasteiger partial charge in [0.15, 0.2) is 0 Å². The number of nitrogens with two attached hydrogens (primary N) is 2. The standard InChI is InChI=1S/C15H16ClN3O3/c1-21-7-10-9(15(20)22-2)5-11(17)14(18)13(10)12-4-3-8(16)6-19-12/h3-6H,7,17-18H2,1-2H3. The normalized spacial score (nSPS) is 10.5. The van der Waals surface area contributed by atoms with Gasteiger partial charge in [0.05, 0.1) is 41.4 Å². The zero-order valence-electron chi connectivity index (χ0n) is 12.2. The molecule has 0 amide bonds. The fourth-order valence-electron chi connectivity index (χ4n) is 2.16. The number of anilines is 2. The van der Waals surface area contributed by atoms with Gasteiger partial charge in [-0.2, -0.15) is 0 Å². The summed E-state index contributed by atoms with van der Waals surface area (Å²) in [7, 11) is 2.82. The third kappa shape index (κ3) is 2.98. The van der Waals surface area contributed by atoms with Gasteiger partial charge in [-0.3, -0.25) is 4.98 Å². The molecule has 0 bridgehead atoms. The van der Waals surface area contributed by atoms with Crippen LogP contribution in [0.25, 0.3) is 11.3 Å². The van der Waals surface area contributed by atoms with Gasteiger partial charge in [0.25, 0.3) is 0 Å². The Bertz CT molecular complexity index is 702. The Morgan fingerprint density at radius 2 is 2.05 bits per heavy atom. The first kappa shape index (κ1) is 16.1. The molecule has 0 unspecified atom stereocenters. The van der Waals surface area contributed by atoms with E-state index in [9.17, 15) is 4.79 Å². The lowest BCUT2D eigenvalue weighted by Crippen LogP contribution is -2.12. The molecule has 7 heteroatoms. The summed E-state index contributed by atoms with van der Waals surface area (Å²) in [5.74, 6) is -0.519. The average Bonchev–Trinajstić information content (AvgIpc) is 2.51. The third-order valence-corrected chi connectivity index (χ3v) is 3.41. The van der Waals surface area contributed by atoms with E-state index in [0.717, 1.165) is 0 Å². The van der Waals surface area contributed by atoms with Crippen LogP contribution in [0.4, 0.5) is 11.4 Å². The molecule has 6 nitrogen and oxygen atoms in total. The number of hydrogen-bond donors (Lipinski definition) is 2. The molecule has 0 aliphatic carbocycles. The number of methoxy groups -OCH3 is 2. The minimum absolute atomic E-state index is 0.161. The molecule has 1 heterocycles. The highest BCUT2D eigenvalue weighted by atomic mass is 35.5. The van der Waals surface area contributed by atoms with Crippen LogP contribution in [-0.2, 0) is 16.1 Å². The predicted molar refractivity (Wildman–Crippen MR) is 85.6 cm³/mol. The zero-order valence-corrected chi connectivity index (χ0v) is 13.0. The highest BCUT2D eigenvalue weighted by molar-refractivity contribution is 6.30. The molecular formula is C15H16ClN3O3. The summed E-state index contributed by atoms with van der Waals surface area (Å²) in [6, 6.07) is 4.86. The van der Waals surface area contributed by atoms with E-state index in [1.807, 2.05) is 0 Å². The molecule has 0 spiro atoms. The fraction of sp³-hybridized carbons (Fsp3) is 0.200. The summed E-state index contributed by atoms with van der Waals surface area (Å²) in [6.07, 6.45) is 1.49. The maximum Gasteiger partial charge on any atom is 0.338 e. The van der Waals surface area contributed by atoms with Gasteiger partial charge < -0.3 is 20.9 Å². The smallest absolute Gasteiger partial charge is 0.338 e. The molecule has 1 aromatic carbocycles. The van der Waals surface area contributed by atoms with Crippen LogP contribution in [0.1, 0.15) is 15.9 Å². The Morgan fingerprint density at radius 1 is 1.32 bits per heavy atom. The monoisotopic (exact) mass is 321 g/mol. The fourth-order valence-corrected chi connectivity index (χ4v) is 2.28. The van der Waals surface area contributed by atoms with E-state index in [1.165, 1.54) is 26.5 Å². The SMILES string of the molecule is COCc1c(C(=O)OC)cc(N)c(N)c1-c1ccc(Cl)cn1. The van der Waals surface area contributed by atoms with Crippen molar-refractivity contribution >= 4 is 28.9 Å². The molecule has 1 aromatic heterocycles. The lowest BCUT2D eigenvalue weighted by molar-refractivity contribution is 0.0596. The van der Waals surface area contributed by atoms with Gasteiger partial charge in [0.2, 0.25) is 0 Å². The van der Waals surface area contributed by atoms with E-state index in [-0.39, 0.29) is 12.3 Å². The Kier molecular flexibility index (Phi) is 4.85. The number of rotatable bonds is 4. The van der Waals surface area contributed by atoms with Crippen molar-refractivity contribution < 1.29 is 14.3 Å². The number of pyridine rings is 1. The number of esters is 1. The van der Waals surface area contributed by atoms with Crippen LogP contribution in [0.15, 0.2) is 24.4 Å². The molecule has 2 aromatic rings. The number of halogens is 1. The van der Waals surface area contributed by atoms with E-state index in [0.29, 0.717) is 33.1 Å². The van der Waals surface area contributed by atoms with Gasteiger partial charge in [-0.15, -0.1) is 0 Å².